The van der Waals surface area contributed by atoms with Crippen molar-refractivity contribution in [3.05, 3.63) is 23.8 Å². The van der Waals surface area contributed by atoms with Gasteiger partial charge in [-0.15, -0.1) is 0 Å². The first-order valence-electron chi connectivity index (χ1n) is 11.6. The first-order valence-corrected chi connectivity index (χ1v) is 11.6. The summed E-state index contributed by atoms with van der Waals surface area (Å²) in [6.07, 6.45) is 2.57. The molecule has 0 radical (unpaired) electrons. The maximum absolute atomic E-state index is 12.4. The lowest BCUT2D eigenvalue weighted by molar-refractivity contribution is -0.575. The highest BCUT2D eigenvalue weighted by atomic mass is 17.3. The van der Waals surface area contributed by atoms with E-state index >= 15 is 0 Å². The van der Waals surface area contributed by atoms with Gasteiger partial charge in [-0.05, 0) is 50.2 Å². The number of fused-ring (bicyclic) bond motifs is 2. The lowest BCUT2D eigenvalue weighted by atomic mass is 9.58. The number of hydrogen-bond donors (Lipinski definition) is 1. The third-order valence-corrected chi connectivity index (χ3v) is 7.89. The summed E-state index contributed by atoms with van der Waals surface area (Å²) in [5, 5.41) is 10.2. The summed E-state index contributed by atoms with van der Waals surface area (Å²) in [5.41, 5.74) is -0.303. The van der Waals surface area contributed by atoms with Crippen LogP contribution in [0.15, 0.2) is 18.2 Å². The average molecular weight is 448 g/mol. The molecule has 1 aromatic rings. The molecule has 1 aromatic carbocycles. The van der Waals surface area contributed by atoms with Crippen LogP contribution in [0.5, 0.6) is 11.5 Å². The van der Waals surface area contributed by atoms with Crippen LogP contribution in [0.2, 0.25) is 0 Å². The summed E-state index contributed by atoms with van der Waals surface area (Å²) in [6, 6.07) is 4.57. The van der Waals surface area contributed by atoms with Crippen LogP contribution < -0.4 is 4.74 Å². The van der Waals surface area contributed by atoms with E-state index in [1.54, 1.807) is 20.2 Å². The third kappa shape index (κ3) is 3.31. The summed E-state index contributed by atoms with van der Waals surface area (Å²) in [4.78, 5) is 25.9. The van der Waals surface area contributed by atoms with Crippen LogP contribution >= 0.6 is 0 Å². The highest BCUT2D eigenvalue weighted by Crippen LogP contribution is 2.60. The van der Waals surface area contributed by atoms with Gasteiger partial charge in [0, 0.05) is 44.0 Å². The van der Waals surface area contributed by atoms with Crippen LogP contribution in [0.25, 0.3) is 0 Å². The van der Waals surface area contributed by atoms with Gasteiger partial charge in [0.25, 0.3) is 5.91 Å². The van der Waals surface area contributed by atoms with Crippen molar-refractivity contribution in [1.29, 1.82) is 0 Å². The fourth-order valence-corrected chi connectivity index (χ4v) is 6.17. The van der Waals surface area contributed by atoms with Crippen LogP contribution in [0.4, 0.5) is 0 Å². The van der Waals surface area contributed by atoms with Gasteiger partial charge in [-0.1, -0.05) is 13.8 Å². The Kier molecular flexibility index (Phi) is 5.20. The average Bonchev–Trinajstić information content (AvgIpc) is 2.96. The van der Waals surface area contributed by atoms with E-state index in [4.69, 9.17) is 24.0 Å². The topological polar surface area (TPSA) is 86.7 Å². The van der Waals surface area contributed by atoms with Crippen LogP contribution in [-0.4, -0.2) is 54.0 Å². The Hall–Kier alpha value is -1.87. The Morgan fingerprint density at radius 3 is 2.66 bits per heavy atom. The molecule has 1 aliphatic carbocycles. The smallest absolute Gasteiger partial charge is 0.253 e. The molecule has 5 fully saturated rings. The predicted octanol–water partition coefficient (Wildman–Crippen LogP) is 3.68. The SMILES string of the molecule is C[C@H]1[C@@H](Oc2cc(O)cc(C(=O)N(C)C)c2)O[C@@H]2O[C@]3(C)CC[C@H]4[C@H](C)CC[C@@H]1[C@@]24OO3. The van der Waals surface area contributed by atoms with Gasteiger partial charge in [0.05, 0.1) is 0 Å². The first kappa shape index (κ1) is 21.9. The minimum Gasteiger partial charge on any atom is -0.508 e. The minimum atomic E-state index is -0.848. The van der Waals surface area contributed by atoms with E-state index < -0.39 is 24.0 Å². The summed E-state index contributed by atoms with van der Waals surface area (Å²) in [5.74, 6) is 0.179. The molecule has 6 rings (SSSR count). The summed E-state index contributed by atoms with van der Waals surface area (Å²) >= 11 is 0. The van der Waals surface area contributed by atoms with Gasteiger partial charge < -0.3 is 24.2 Å². The molecule has 8 heteroatoms. The van der Waals surface area contributed by atoms with Crippen molar-refractivity contribution in [2.45, 2.75) is 70.4 Å². The second-order valence-corrected chi connectivity index (χ2v) is 10.3. The number of phenolic OH excluding ortho intramolecular Hbond substituents is 1. The van der Waals surface area contributed by atoms with Gasteiger partial charge in [-0.3, -0.25) is 4.79 Å². The summed E-state index contributed by atoms with van der Waals surface area (Å²) in [6.45, 7) is 6.27. The molecule has 1 spiro atoms. The maximum atomic E-state index is 12.4. The van der Waals surface area contributed by atoms with Gasteiger partial charge in [-0.2, -0.15) is 0 Å². The van der Waals surface area contributed by atoms with Gasteiger partial charge in [0.15, 0.2) is 11.9 Å². The molecule has 4 heterocycles. The molecule has 4 aliphatic heterocycles. The number of hydrogen-bond acceptors (Lipinski definition) is 7. The van der Waals surface area contributed by atoms with Crippen LogP contribution in [0.3, 0.4) is 0 Å². The molecule has 8 nitrogen and oxygen atoms in total. The molecule has 1 N–H and O–H groups in total. The van der Waals surface area contributed by atoms with Gasteiger partial charge in [0.1, 0.15) is 11.5 Å². The number of aromatic hydroxyl groups is 1. The van der Waals surface area contributed by atoms with E-state index in [9.17, 15) is 9.90 Å². The largest absolute Gasteiger partial charge is 0.508 e. The van der Waals surface area contributed by atoms with Crippen molar-refractivity contribution in [3.8, 4) is 11.5 Å². The van der Waals surface area contributed by atoms with E-state index in [0.29, 0.717) is 17.2 Å². The molecule has 5 aliphatic rings. The Bertz CT molecular complexity index is 906. The highest BCUT2D eigenvalue weighted by molar-refractivity contribution is 5.94. The van der Waals surface area contributed by atoms with Gasteiger partial charge in [-0.25, -0.2) is 9.78 Å². The standard InChI is InChI=1S/C24H33NO7/c1-13-6-7-19-14(2)21(28-17-11-15(10-16(26)12-17)20(27)25(4)5)29-22-24(19)18(13)8-9-23(3,30-22)31-32-24/h10-14,18-19,21-22,26H,6-9H2,1-5H3/t13-,14-,18+,19+,21+,22-,23+,24-/m1/s1. The highest BCUT2D eigenvalue weighted by Gasteiger charge is 2.69. The molecule has 8 atom stereocenters. The lowest BCUT2D eigenvalue weighted by Gasteiger charge is -2.60. The normalized spacial score (nSPS) is 42.7. The molecule has 1 amide bonds. The number of benzene rings is 1. The number of amides is 1. The fraction of sp³-hybridized carbons (Fsp3) is 0.708. The van der Waals surface area contributed by atoms with E-state index in [1.807, 2.05) is 6.92 Å². The molecule has 176 valence electrons. The van der Waals surface area contributed by atoms with Gasteiger partial charge >= 0.3 is 0 Å². The Morgan fingerprint density at radius 2 is 1.91 bits per heavy atom. The third-order valence-electron chi connectivity index (χ3n) is 7.89. The number of phenols is 1. The molecular formula is C24H33NO7. The number of nitrogens with zero attached hydrogens (tertiary/aromatic N) is 1. The Balaban J connectivity index is 1.46. The van der Waals surface area contributed by atoms with Crippen LogP contribution in [-0.2, 0) is 19.2 Å². The monoisotopic (exact) mass is 447 g/mol. The molecule has 2 bridgehead atoms. The zero-order valence-corrected chi connectivity index (χ0v) is 19.4. The van der Waals surface area contributed by atoms with E-state index in [0.717, 1.165) is 25.7 Å². The van der Waals surface area contributed by atoms with Crippen molar-refractivity contribution in [2.75, 3.05) is 14.1 Å². The van der Waals surface area contributed by atoms with E-state index in [1.165, 1.54) is 17.0 Å². The number of rotatable bonds is 3. The lowest BCUT2D eigenvalue weighted by Crippen LogP contribution is -2.70. The molecule has 0 aromatic heterocycles. The number of carbonyl (C=O) groups excluding carboxylic acids is 1. The predicted molar refractivity (Wildman–Crippen MR) is 114 cm³/mol. The quantitative estimate of drug-likeness (QED) is 0.708. The van der Waals surface area contributed by atoms with Crippen molar-refractivity contribution in [3.63, 3.8) is 0 Å². The zero-order chi connectivity index (χ0) is 22.8. The zero-order valence-electron chi connectivity index (χ0n) is 19.4. The molecular weight excluding hydrogens is 414 g/mol. The summed E-state index contributed by atoms with van der Waals surface area (Å²) < 4.78 is 19.0. The minimum absolute atomic E-state index is 0.00810. The van der Waals surface area contributed by atoms with Crippen LogP contribution in [0.1, 0.15) is 56.8 Å². The summed E-state index contributed by atoms with van der Waals surface area (Å²) in [7, 11) is 3.33. The van der Waals surface area contributed by atoms with Crippen molar-refractivity contribution in [1.82, 2.24) is 4.90 Å². The second-order valence-electron chi connectivity index (χ2n) is 10.3. The van der Waals surface area contributed by atoms with Crippen LogP contribution in [0, 0.1) is 23.7 Å². The molecule has 1 saturated carbocycles. The second kappa shape index (κ2) is 7.58. The molecule has 32 heavy (non-hydrogen) atoms. The first-order chi connectivity index (χ1) is 15.1. The van der Waals surface area contributed by atoms with E-state index in [-0.39, 0.29) is 29.4 Å². The number of carbonyl (C=O) groups is 1. The Labute approximate surface area is 188 Å². The molecule has 4 saturated heterocycles. The Morgan fingerprint density at radius 1 is 1.12 bits per heavy atom. The van der Waals surface area contributed by atoms with E-state index in [2.05, 4.69) is 13.8 Å². The fourth-order valence-electron chi connectivity index (χ4n) is 6.17. The van der Waals surface area contributed by atoms with Crippen molar-refractivity contribution < 1.29 is 33.9 Å². The van der Waals surface area contributed by atoms with Crippen molar-refractivity contribution in [2.24, 2.45) is 23.7 Å². The number of ether oxygens (including phenoxy) is 3. The maximum Gasteiger partial charge on any atom is 0.253 e. The van der Waals surface area contributed by atoms with Gasteiger partial charge in [0.2, 0.25) is 12.1 Å². The van der Waals surface area contributed by atoms with Crippen molar-refractivity contribution >= 4 is 5.91 Å². The molecule has 0 unspecified atom stereocenters.